The molecule has 3 nitrogen and oxygen atoms in total. The van der Waals surface area contributed by atoms with E-state index in [1.165, 1.54) is 35.5 Å². The fourth-order valence-electron chi connectivity index (χ4n) is 2.72. The molecule has 0 radical (unpaired) electrons. The number of aromatic nitrogens is 2. The van der Waals surface area contributed by atoms with Crippen LogP contribution in [0.2, 0.25) is 0 Å². The first-order chi connectivity index (χ1) is 8.83. The number of rotatable bonds is 3. The number of hydrogen-bond acceptors (Lipinski definition) is 3. The molecule has 0 aliphatic carbocycles. The molecule has 2 aromatic rings. The Morgan fingerprint density at radius 1 is 1.50 bits per heavy atom. The first-order valence-electron chi connectivity index (χ1n) is 6.57. The molecule has 0 bridgehead atoms. The summed E-state index contributed by atoms with van der Waals surface area (Å²) in [6.45, 7) is 5.69. The quantitative estimate of drug-likeness (QED) is 0.920. The van der Waals surface area contributed by atoms with Crippen LogP contribution in [-0.4, -0.2) is 28.2 Å². The number of likely N-dealkylation sites (tertiary alicyclic amines) is 1. The highest BCUT2D eigenvalue weighted by molar-refractivity contribution is 7.10. The molecule has 0 amide bonds. The Labute approximate surface area is 112 Å². The third-order valence-corrected chi connectivity index (χ3v) is 4.81. The molecular weight excluding hydrogens is 242 g/mol. The predicted octanol–water partition coefficient (Wildman–Crippen LogP) is 3.16. The molecule has 3 heterocycles. The summed E-state index contributed by atoms with van der Waals surface area (Å²) in [6.07, 6.45) is 4.42. The lowest BCUT2D eigenvalue weighted by atomic mass is 9.95. The zero-order valence-electron chi connectivity index (χ0n) is 10.7. The highest BCUT2D eigenvalue weighted by Gasteiger charge is 2.22. The Bertz CT molecular complexity index is 489. The fourth-order valence-corrected chi connectivity index (χ4v) is 3.66. The van der Waals surface area contributed by atoms with Crippen LogP contribution in [0.5, 0.6) is 0 Å². The van der Waals surface area contributed by atoms with Gasteiger partial charge in [-0.05, 0) is 49.4 Å². The molecule has 1 aliphatic heterocycles. The van der Waals surface area contributed by atoms with Crippen molar-refractivity contribution in [2.24, 2.45) is 0 Å². The monoisotopic (exact) mass is 261 g/mol. The van der Waals surface area contributed by atoms with Crippen molar-refractivity contribution in [1.82, 2.24) is 15.1 Å². The van der Waals surface area contributed by atoms with Crippen LogP contribution in [0.15, 0.2) is 23.7 Å². The van der Waals surface area contributed by atoms with Crippen molar-refractivity contribution in [3.05, 3.63) is 39.8 Å². The van der Waals surface area contributed by atoms with Gasteiger partial charge in [0.1, 0.15) is 0 Å². The smallest absolute Gasteiger partial charge is 0.0490 e. The van der Waals surface area contributed by atoms with Gasteiger partial charge in [0.05, 0.1) is 0 Å². The van der Waals surface area contributed by atoms with E-state index in [9.17, 15) is 0 Å². The Morgan fingerprint density at radius 2 is 2.44 bits per heavy atom. The van der Waals surface area contributed by atoms with Gasteiger partial charge in [-0.3, -0.25) is 10.00 Å². The summed E-state index contributed by atoms with van der Waals surface area (Å²) in [5.74, 6) is 0.626. The molecule has 2 aromatic heterocycles. The summed E-state index contributed by atoms with van der Waals surface area (Å²) < 4.78 is 0. The van der Waals surface area contributed by atoms with Crippen LogP contribution in [-0.2, 0) is 6.54 Å². The Balaban J connectivity index is 1.66. The summed E-state index contributed by atoms with van der Waals surface area (Å²) in [5.41, 5.74) is 2.73. The number of piperidine rings is 1. The van der Waals surface area contributed by atoms with Gasteiger partial charge < -0.3 is 0 Å². The maximum absolute atomic E-state index is 4.07. The Morgan fingerprint density at radius 3 is 3.17 bits per heavy atom. The van der Waals surface area contributed by atoms with Crippen molar-refractivity contribution in [3.8, 4) is 0 Å². The van der Waals surface area contributed by atoms with Gasteiger partial charge in [0, 0.05) is 35.8 Å². The highest BCUT2D eigenvalue weighted by atomic mass is 32.1. The van der Waals surface area contributed by atoms with E-state index >= 15 is 0 Å². The zero-order valence-corrected chi connectivity index (χ0v) is 11.5. The van der Waals surface area contributed by atoms with Gasteiger partial charge in [-0.15, -0.1) is 11.3 Å². The van der Waals surface area contributed by atoms with Crippen LogP contribution in [0.25, 0.3) is 0 Å². The van der Waals surface area contributed by atoms with Crippen LogP contribution in [0.3, 0.4) is 0 Å². The minimum Gasteiger partial charge on any atom is -0.298 e. The minimum absolute atomic E-state index is 0.626. The van der Waals surface area contributed by atoms with Gasteiger partial charge in [0.2, 0.25) is 0 Å². The van der Waals surface area contributed by atoms with Crippen LogP contribution < -0.4 is 0 Å². The molecule has 1 N–H and O–H groups in total. The number of H-pyrrole nitrogens is 1. The van der Waals surface area contributed by atoms with E-state index < -0.39 is 0 Å². The molecule has 0 aromatic carbocycles. The van der Waals surface area contributed by atoms with Crippen LogP contribution in [0.4, 0.5) is 0 Å². The molecule has 1 saturated heterocycles. The van der Waals surface area contributed by atoms with E-state index in [1.54, 1.807) is 0 Å². The van der Waals surface area contributed by atoms with Gasteiger partial charge in [0.15, 0.2) is 0 Å². The van der Waals surface area contributed by atoms with Crippen LogP contribution in [0.1, 0.15) is 34.9 Å². The predicted molar refractivity (Wildman–Crippen MR) is 74.9 cm³/mol. The first-order valence-corrected chi connectivity index (χ1v) is 7.45. The third kappa shape index (κ3) is 2.49. The van der Waals surface area contributed by atoms with Crippen molar-refractivity contribution >= 4 is 11.3 Å². The van der Waals surface area contributed by atoms with Crippen LogP contribution >= 0.6 is 11.3 Å². The van der Waals surface area contributed by atoms with Gasteiger partial charge in [-0.1, -0.05) is 0 Å². The lowest BCUT2D eigenvalue weighted by Gasteiger charge is -2.32. The third-order valence-electron chi connectivity index (χ3n) is 3.80. The molecule has 18 heavy (non-hydrogen) atoms. The van der Waals surface area contributed by atoms with Crippen molar-refractivity contribution in [2.75, 3.05) is 13.1 Å². The normalized spacial score (nSPS) is 21.3. The average molecular weight is 261 g/mol. The summed E-state index contributed by atoms with van der Waals surface area (Å²) in [6, 6.07) is 4.33. The van der Waals surface area contributed by atoms with Crippen molar-refractivity contribution in [1.29, 1.82) is 0 Å². The number of nitrogens with zero attached hydrogens (tertiary/aromatic N) is 2. The molecule has 0 saturated carbocycles. The largest absolute Gasteiger partial charge is 0.298 e. The summed E-state index contributed by atoms with van der Waals surface area (Å²) in [7, 11) is 0. The number of thiophene rings is 1. The van der Waals surface area contributed by atoms with Crippen molar-refractivity contribution < 1.29 is 0 Å². The first kappa shape index (κ1) is 11.9. The maximum Gasteiger partial charge on any atom is 0.0490 e. The summed E-state index contributed by atoms with van der Waals surface area (Å²) in [5, 5.41) is 9.39. The number of aromatic amines is 1. The summed E-state index contributed by atoms with van der Waals surface area (Å²) >= 11 is 1.88. The number of aryl methyl sites for hydroxylation is 1. The molecule has 1 fully saturated rings. The SMILES string of the molecule is Cc1ccsc1CN1CCC[C@@H](c2ccn[nH]2)C1. The lowest BCUT2D eigenvalue weighted by molar-refractivity contribution is 0.200. The standard InChI is InChI=1S/C14H19N3S/c1-11-5-8-18-14(11)10-17-7-2-3-12(9-17)13-4-6-15-16-13/h4-6,8,12H,2-3,7,9-10H2,1H3,(H,15,16)/t12-/m1/s1. The summed E-state index contributed by atoms with van der Waals surface area (Å²) in [4.78, 5) is 4.09. The molecule has 0 spiro atoms. The van der Waals surface area contributed by atoms with Crippen molar-refractivity contribution in [3.63, 3.8) is 0 Å². The van der Waals surface area contributed by atoms with E-state index in [4.69, 9.17) is 0 Å². The molecule has 96 valence electrons. The topological polar surface area (TPSA) is 31.9 Å². The van der Waals surface area contributed by atoms with Gasteiger partial charge in [-0.25, -0.2) is 0 Å². The highest BCUT2D eigenvalue weighted by Crippen LogP contribution is 2.27. The fraction of sp³-hybridized carbons (Fsp3) is 0.500. The van der Waals surface area contributed by atoms with E-state index in [0.29, 0.717) is 5.92 Å². The Hall–Kier alpha value is -1.13. The average Bonchev–Trinajstić information content (AvgIpc) is 3.02. The Kier molecular flexibility index (Phi) is 3.48. The second-order valence-electron chi connectivity index (χ2n) is 5.11. The lowest BCUT2D eigenvalue weighted by Crippen LogP contribution is -2.33. The molecule has 1 aliphatic rings. The molecule has 4 heteroatoms. The van der Waals surface area contributed by atoms with E-state index in [0.717, 1.165) is 13.1 Å². The van der Waals surface area contributed by atoms with Crippen molar-refractivity contribution in [2.45, 2.75) is 32.2 Å². The molecule has 1 atom stereocenters. The second kappa shape index (κ2) is 5.24. The number of hydrogen-bond donors (Lipinski definition) is 1. The second-order valence-corrected chi connectivity index (χ2v) is 6.11. The minimum atomic E-state index is 0.626. The van der Waals surface area contributed by atoms with Crippen LogP contribution in [0, 0.1) is 6.92 Å². The van der Waals surface area contributed by atoms with E-state index in [-0.39, 0.29) is 0 Å². The van der Waals surface area contributed by atoms with E-state index in [1.807, 2.05) is 17.5 Å². The molecule has 0 unspecified atom stereocenters. The van der Waals surface area contributed by atoms with E-state index in [2.05, 4.69) is 39.5 Å². The molecule has 3 rings (SSSR count). The maximum atomic E-state index is 4.07. The number of nitrogens with one attached hydrogen (secondary N) is 1. The molecular formula is C14H19N3S. The van der Waals surface area contributed by atoms with Gasteiger partial charge in [-0.2, -0.15) is 5.10 Å². The van der Waals surface area contributed by atoms with Gasteiger partial charge >= 0.3 is 0 Å². The zero-order chi connectivity index (χ0) is 12.4. The van der Waals surface area contributed by atoms with Gasteiger partial charge in [0.25, 0.3) is 0 Å².